The van der Waals surface area contributed by atoms with E-state index in [2.05, 4.69) is 0 Å². The molecule has 0 amide bonds. The van der Waals surface area contributed by atoms with Gasteiger partial charge in [-0.3, -0.25) is 4.79 Å². The fourth-order valence-corrected chi connectivity index (χ4v) is 0.907. The Labute approximate surface area is 91.0 Å². The van der Waals surface area contributed by atoms with Crippen LogP contribution in [0.1, 0.15) is 26.3 Å². The number of carbonyl (C=O) groups excluding carboxylic acids is 1. The summed E-state index contributed by atoms with van der Waals surface area (Å²) in [6.07, 6.45) is 0. The molecule has 0 fully saturated rings. The first-order valence-corrected chi connectivity index (χ1v) is 4.98. The van der Waals surface area contributed by atoms with Gasteiger partial charge in [0, 0.05) is 6.92 Å². The highest BCUT2D eigenvalue weighted by atomic mass is 16.5. The van der Waals surface area contributed by atoms with Crippen LogP contribution >= 0.6 is 0 Å². The quantitative estimate of drug-likeness (QED) is 0.720. The summed E-state index contributed by atoms with van der Waals surface area (Å²) in [5, 5.41) is 0. The van der Waals surface area contributed by atoms with E-state index in [1.54, 1.807) is 7.11 Å². The van der Waals surface area contributed by atoms with E-state index in [1.807, 2.05) is 38.1 Å². The second-order valence-electron chi connectivity index (χ2n) is 2.63. The minimum atomic E-state index is -0.268. The van der Waals surface area contributed by atoms with Gasteiger partial charge in [-0.2, -0.15) is 0 Å². The predicted molar refractivity (Wildman–Crippen MR) is 59.8 cm³/mol. The third-order valence-corrected chi connectivity index (χ3v) is 1.60. The molecule has 1 rings (SSSR count). The molecule has 0 N–H and O–H groups in total. The summed E-state index contributed by atoms with van der Waals surface area (Å²) in [4.78, 5) is 10.5. The molecule has 0 aliphatic heterocycles. The monoisotopic (exact) mass is 210 g/mol. The third kappa shape index (κ3) is 5.73. The van der Waals surface area contributed by atoms with Gasteiger partial charge in [-0.05, 0) is 17.7 Å². The number of rotatable bonds is 3. The van der Waals surface area contributed by atoms with Gasteiger partial charge in [0.05, 0.1) is 7.11 Å². The first-order chi connectivity index (χ1) is 7.22. The second-order valence-corrected chi connectivity index (χ2v) is 2.63. The minimum Gasteiger partial charge on any atom is -0.497 e. The van der Waals surface area contributed by atoms with E-state index in [0.29, 0.717) is 6.61 Å². The van der Waals surface area contributed by atoms with Gasteiger partial charge in [-0.15, -0.1) is 0 Å². The van der Waals surface area contributed by atoms with Gasteiger partial charge in [-0.25, -0.2) is 0 Å². The Bertz CT molecular complexity index is 277. The Balaban J connectivity index is 0.000000921. The molecule has 0 spiro atoms. The highest BCUT2D eigenvalue weighted by Gasteiger charge is 1.96. The Morgan fingerprint density at radius 1 is 1.20 bits per heavy atom. The molecule has 0 radical (unpaired) electrons. The van der Waals surface area contributed by atoms with E-state index in [0.717, 1.165) is 11.3 Å². The van der Waals surface area contributed by atoms with Crippen molar-refractivity contribution in [2.24, 2.45) is 0 Å². The molecular formula is C12H18O3. The van der Waals surface area contributed by atoms with Crippen LogP contribution in [-0.2, 0) is 16.1 Å². The average molecular weight is 210 g/mol. The van der Waals surface area contributed by atoms with Crippen LogP contribution in [0.4, 0.5) is 0 Å². The first-order valence-electron chi connectivity index (χ1n) is 4.98. The van der Waals surface area contributed by atoms with Crippen LogP contribution in [0.3, 0.4) is 0 Å². The molecule has 0 heterocycles. The number of methoxy groups -OCH3 is 1. The molecule has 0 aliphatic rings. The number of ether oxygens (including phenoxy) is 2. The Hall–Kier alpha value is -1.51. The summed E-state index contributed by atoms with van der Waals surface area (Å²) in [5.41, 5.74) is 0.955. The maximum atomic E-state index is 10.5. The van der Waals surface area contributed by atoms with Crippen LogP contribution in [0.5, 0.6) is 5.75 Å². The smallest absolute Gasteiger partial charge is 0.302 e. The van der Waals surface area contributed by atoms with Crippen molar-refractivity contribution in [2.45, 2.75) is 27.4 Å². The van der Waals surface area contributed by atoms with E-state index in [9.17, 15) is 4.79 Å². The van der Waals surface area contributed by atoms with Crippen molar-refractivity contribution in [2.75, 3.05) is 7.11 Å². The molecule has 0 saturated heterocycles. The number of benzene rings is 1. The molecule has 3 heteroatoms. The summed E-state index contributed by atoms with van der Waals surface area (Å²) in [5.74, 6) is 0.530. The summed E-state index contributed by atoms with van der Waals surface area (Å²) in [7, 11) is 1.61. The largest absolute Gasteiger partial charge is 0.497 e. The summed E-state index contributed by atoms with van der Waals surface area (Å²) in [6.45, 7) is 5.71. The summed E-state index contributed by atoms with van der Waals surface area (Å²) >= 11 is 0. The zero-order valence-electron chi connectivity index (χ0n) is 9.74. The fourth-order valence-electron chi connectivity index (χ4n) is 0.907. The highest BCUT2D eigenvalue weighted by Crippen LogP contribution is 2.11. The molecule has 0 unspecified atom stereocenters. The molecule has 3 nitrogen and oxygen atoms in total. The minimum absolute atomic E-state index is 0.268. The van der Waals surface area contributed by atoms with Crippen molar-refractivity contribution in [1.82, 2.24) is 0 Å². The van der Waals surface area contributed by atoms with Gasteiger partial charge in [-0.1, -0.05) is 26.0 Å². The van der Waals surface area contributed by atoms with Gasteiger partial charge >= 0.3 is 5.97 Å². The van der Waals surface area contributed by atoms with E-state index < -0.39 is 0 Å². The average Bonchev–Trinajstić information content (AvgIpc) is 2.30. The van der Waals surface area contributed by atoms with Crippen LogP contribution in [0.2, 0.25) is 0 Å². The molecule has 1 aromatic carbocycles. The standard InChI is InChI=1S/C10H12O3.C2H6/c1-8(11)13-7-9-3-5-10(12-2)6-4-9;1-2/h3-6H,7H2,1-2H3;1-2H3. The summed E-state index contributed by atoms with van der Waals surface area (Å²) < 4.78 is 9.81. The fraction of sp³-hybridized carbons (Fsp3) is 0.417. The zero-order chi connectivity index (χ0) is 11.7. The van der Waals surface area contributed by atoms with Crippen molar-refractivity contribution >= 4 is 5.97 Å². The molecule has 0 bridgehead atoms. The van der Waals surface area contributed by atoms with E-state index in [-0.39, 0.29) is 5.97 Å². The van der Waals surface area contributed by atoms with Gasteiger partial charge in [0.1, 0.15) is 12.4 Å². The first kappa shape index (κ1) is 13.5. The lowest BCUT2D eigenvalue weighted by Crippen LogP contribution is -1.98. The lowest BCUT2D eigenvalue weighted by molar-refractivity contribution is -0.142. The van der Waals surface area contributed by atoms with Crippen molar-refractivity contribution in [3.8, 4) is 5.75 Å². The molecular weight excluding hydrogens is 192 g/mol. The number of carbonyl (C=O) groups is 1. The maximum absolute atomic E-state index is 10.5. The lowest BCUT2D eigenvalue weighted by atomic mass is 10.2. The topological polar surface area (TPSA) is 35.5 Å². The van der Waals surface area contributed by atoms with Crippen LogP contribution < -0.4 is 4.74 Å². The molecule has 0 atom stereocenters. The molecule has 15 heavy (non-hydrogen) atoms. The van der Waals surface area contributed by atoms with Crippen molar-refractivity contribution < 1.29 is 14.3 Å². The zero-order valence-corrected chi connectivity index (χ0v) is 9.74. The summed E-state index contributed by atoms with van der Waals surface area (Å²) in [6, 6.07) is 7.39. The lowest BCUT2D eigenvalue weighted by Gasteiger charge is -2.03. The van der Waals surface area contributed by atoms with Gasteiger partial charge < -0.3 is 9.47 Å². The van der Waals surface area contributed by atoms with Crippen LogP contribution in [0.15, 0.2) is 24.3 Å². The van der Waals surface area contributed by atoms with E-state index in [1.165, 1.54) is 6.92 Å². The molecule has 0 aliphatic carbocycles. The number of hydrogen-bond donors (Lipinski definition) is 0. The molecule has 0 aromatic heterocycles. The van der Waals surface area contributed by atoms with Gasteiger partial charge in [0.25, 0.3) is 0 Å². The van der Waals surface area contributed by atoms with Crippen LogP contribution in [0, 0.1) is 0 Å². The van der Waals surface area contributed by atoms with Crippen molar-refractivity contribution in [3.63, 3.8) is 0 Å². The van der Waals surface area contributed by atoms with E-state index in [4.69, 9.17) is 9.47 Å². The predicted octanol–water partition coefficient (Wildman–Crippen LogP) is 2.78. The van der Waals surface area contributed by atoms with Crippen molar-refractivity contribution in [3.05, 3.63) is 29.8 Å². The highest BCUT2D eigenvalue weighted by molar-refractivity contribution is 5.65. The second kappa shape index (κ2) is 7.85. The molecule has 84 valence electrons. The number of esters is 1. The normalized spacial score (nSPS) is 8.53. The maximum Gasteiger partial charge on any atom is 0.302 e. The Morgan fingerprint density at radius 2 is 1.73 bits per heavy atom. The van der Waals surface area contributed by atoms with Crippen LogP contribution in [0.25, 0.3) is 0 Å². The SMILES string of the molecule is CC.COc1ccc(COC(C)=O)cc1. The Kier molecular flexibility index (Phi) is 7.06. The number of hydrogen-bond acceptors (Lipinski definition) is 3. The van der Waals surface area contributed by atoms with Crippen molar-refractivity contribution in [1.29, 1.82) is 0 Å². The molecule has 1 aromatic rings. The third-order valence-electron chi connectivity index (χ3n) is 1.60. The van der Waals surface area contributed by atoms with Gasteiger partial charge in [0.15, 0.2) is 0 Å². The van der Waals surface area contributed by atoms with Gasteiger partial charge in [0.2, 0.25) is 0 Å². The Morgan fingerprint density at radius 3 is 2.13 bits per heavy atom. The van der Waals surface area contributed by atoms with E-state index >= 15 is 0 Å². The molecule has 0 saturated carbocycles. The van der Waals surface area contributed by atoms with Crippen LogP contribution in [-0.4, -0.2) is 13.1 Å².